The van der Waals surface area contributed by atoms with Crippen molar-refractivity contribution in [3.63, 3.8) is 0 Å². The normalized spacial score (nSPS) is 15.9. The Morgan fingerprint density at radius 1 is 1.21 bits per heavy atom. The van der Waals surface area contributed by atoms with E-state index in [1.54, 1.807) is 13.3 Å². The van der Waals surface area contributed by atoms with E-state index in [1.165, 1.54) is 18.4 Å². The Bertz CT molecular complexity index is 768. The first-order valence-electron chi connectivity index (χ1n) is 10.1. The van der Waals surface area contributed by atoms with E-state index in [9.17, 15) is 0 Å². The highest BCUT2D eigenvalue weighted by atomic mass is 35.5. The standard InChI is InChI=1S/C17H20ClN3.C6H12O/c1-5-11(2)13-6-8-14(9-7-13)16-15(10-19-4)12(3)20-17(18)21-16;1-6-2-4-7-5-3-6/h6-11H,5H2,1-4H3;6H,2-5H2,1H3. The first kappa shape index (κ1) is 22.5. The third-order valence-corrected chi connectivity index (χ3v) is 5.41. The fourth-order valence-electron chi connectivity index (χ4n) is 3.07. The molecule has 1 aromatic heterocycles. The first-order chi connectivity index (χ1) is 13.5. The molecule has 0 N–H and O–H groups in total. The van der Waals surface area contributed by atoms with Gasteiger partial charge in [0.1, 0.15) is 0 Å². The Labute approximate surface area is 174 Å². The zero-order valence-electron chi connectivity index (χ0n) is 17.7. The van der Waals surface area contributed by atoms with Crippen molar-refractivity contribution in [2.24, 2.45) is 10.9 Å². The third kappa shape index (κ3) is 6.39. The topological polar surface area (TPSA) is 47.4 Å². The molecule has 0 saturated carbocycles. The molecule has 0 amide bonds. The number of hydrogen-bond donors (Lipinski definition) is 0. The van der Waals surface area contributed by atoms with Crippen LogP contribution in [0.5, 0.6) is 0 Å². The van der Waals surface area contributed by atoms with Crippen molar-refractivity contribution in [2.75, 3.05) is 20.3 Å². The monoisotopic (exact) mass is 401 g/mol. The number of aryl methyl sites for hydroxylation is 1. The Kier molecular flexibility index (Phi) is 9.07. The summed E-state index contributed by atoms with van der Waals surface area (Å²) in [5.41, 5.74) is 4.95. The van der Waals surface area contributed by atoms with E-state index in [2.05, 4.69) is 60.0 Å². The minimum atomic E-state index is 0.266. The Morgan fingerprint density at radius 3 is 2.36 bits per heavy atom. The number of nitrogens with zero attached hydrogens (tertiary/aromatic N) is 3. The van der Waals surface area contributed by atoms with Gasteiger partial charge >= 0.3 is 0 Å². The summed E-state index contributed by atoms with van der Waals surface area (Å²) in [6.07, 6.45) is 5.44. The predicted octanol–water partition coefficient (Wildman–Crippen LogP) is 6.10. The van der Waals surface area contributed by atoms with Gasteiger partial charge in [0.05, 0.1) is 11.4 Å². The highest BCUT2D eigenvalue weighted by molar-refractivity contribution is 6.28. The first-order valence-corrected chi connectivity index (χ1v) is 10.5. The lowest BCUT2D eigenvalue weighted by atomic mass is 9.96. The lowest BCUT2D eigenvalue weighted by Gasteiger charge is -2.16. The molecule has 3 rings (SSSR count). The molecule has 1 aliphatic heterocycles. The molecule has 5 heteroatoms. The van der Waals surface area contributed by atoms with Gasteiger partial charge in [0.15, 0.2) is 0 Å². The number of benzene rings is 1. The van der Waals surface area contributed by atoms with Crippen LogP contribution in [0.15, 0.2) is 29.3 Å². The highest BCUT2D eigenvalue weighted by Crippen LogP contribution is 2.26. The molecule has 28 heavy (non-hydrogen) atoms. The second kappa shape index (κ2) is 11.3. The largest absolute Gasteiger partial charge is 0.381 e. The molecule has 152 valence electrons. The molecular weight excluding hydrogens is 370 g/mol. The molecule has 2 aromatic rings. The number of aromatic nitrogens is 2. The van der Waals surface area contributed by atoms with Crippen LogP contribution in [-0.2, 0) is 4.74 Å². The maximum Gasteiger partial charge on any atom is 0.223 e. The summed E-state index contributed by atoms with van der Waals surface area (Å²) in [7, 11) is 1.74. The zero-order chi connectivity index (χ0) is 20.5. The lowest BCUT2D eigenvalue weighted by Crippen LogP contribution is -2.12. The molecule has 1 atom stereocenters. The molecule has 1 aromatic carbocycles. The van der Waals surface area contributed by atoms with Gasteiger partial charge in [0.25, 0.3) is 0 Å². The van der Waals surface area contributed by atoms with Gasteiger partial charge in [0.2, 0.25) is 5.28 Å². The van der Waals surface area contributed by atoms with Gasteiger partial charge in [-0.05, 0) is 55.2 Å². The van der Waals surface area contributed by atoms with E-state index in [4.69, 9.17) is 16.3 Å². The van der Waals surface area contributed by atoms with Gasteiger partial charge in [-0.3, -0.25) is 4.99 Å². The number of rotatable bonds is 4. The zero-order valence-corrected chi connectivity index (χ0v) is 18.5. The van der Waals surface area contributed by atoms with Crippen molar-refractivity contribution < 1.29 is 4.74 Å². The molecule has 1 fully saturated rings. The maximum absolute atomic E-state index is 6.01. The summed E-state index contributed by atoms with van der Waals surface area (Å²) in [4.78, 5) is 12.7. The van der Waals surface area contributed by atoms with Crippen LogP contribution in [0, 0.1) is 12.8 Å². The summed E-state index contributed by atoms with van der Waals surface area (Å²) in [6, 6.07) is 8.49. The summed E-state index contributed by atoms with van der Waals surface area (Å²) in [6.45, 7) is 10.6. The molecule has 1 saturated heterocycles. The Balaban J connectivity index is 0.000000336. The van der Waals surface area contributed by atoms with Crippen LogP contribution in [0.25, 0.3) is 11.3 Å². The van der Waals surface area contributed by atoms with Crippen molar-refractivity contribution >= 4 is 17.8 Å². The minimum Gasteiger partial charge on any atom is -0.381 e. The fourth-order valence-corrected chi connectivity index (χ4v) is 3.28. The molecule has 0 spiro atoms. The van der Waals surface area contributed by atoms with Crippen molar-refractivity contribution in [1.82, 2.24) is 9.97 Å². The van der Waals surface area contributed by atoms with Crippen LogP contribution in [0.2, 0.25) is 5.28 Å². The summed E-state index contributed by atoms with van der Waals surface area (Å²) in [5.74, 6) is 1.47. The van der Waals surface area contributed by atoms with Gasteiger partial charge in [-0.1, -0.05) is 45.0 Å². The number of halogens is 1. The van der Waals surface area contributed by atoms with Crippen LogP contribution in [-0.4, -0.2) is 36.4 Å². The number of hydrogen-bond acceptors (Lipinski definition) is 4. The molecule has 1 unspecified atom stereocenters. The van der Waals surface area contributed by atoms with Crippen molar-refractivity contribution in [3.05, 3.63) is 46.4 Å². The highest BCUT2D eigenvalue weighted by Gasteiger charge is 2.12. The van der Waals surface area contributed by atoms with Crippen LogP contribution >= 0.6 is 11.6 Å². The van der Waals surface area contributed by atoms with Crippen molar-refractivity contribution in [1.29, 1.82) is 0 Å². The van der Waals surface area contributed by atoms with E-state index >= 15 is 0 Å². The molecule has 4 nitrogen and oxygen atoms in total. The maximum atomic E-state index is 6.01. The molecule has 1 aliphatic rings. The number of aliphatic imine (C=N–C) groups is 1. The number of ether oxygens (including phenoxy) is 1. The minimum absolute atomic E-state index is 0.266. The summed E-state index contributed by atoms with van der Waals surface area (Å²) in [5, 5.41) is 0.266. The van der Waals surface area contributed by atoms with Crippen molar-refractivity contribution in [2.45, 2.75) is 52.9 Å². The molecule has 2 heterocycles. The second-order valence-corrected chi connectivity index (χ2v) is 7.79. The van der Waals surface area contributed by atoms with E-state index < -0.39 is 0 Å². The van der Waals surface area contributed by atoms with E-state index in [0.717, 1.165) is 48.1 Å². The van der Waals surface area contributed by atoms with Gasteiger partial charge < -0.3 is 4.74 Å². The smallest absolute Gasteiger partial charge is 0.223 e. The average molecular weight is 402 g/mol. The quantitative estimate of drug-likeness (QED) is 0.459. The van der Waals surface area contributed by atoms with Crippen LogP contribution < -0.4 is 0 Å². The second-order valence-electron chi connectivity index (χ2n) is 7.45. The van der Waals surface area contributed by atoms with E-state index in [1.807, 2.05) is 6.92 Å². The third-order valence-electron chi connectivity index (χ3n) is 5.24. The SMILES string of the molecule is CC1CCOCC1.CCC(C)c1ccc(-c2nc(Cl)nc(C)c2C=NC)cc1. The van der Waals surface area contributed by atoms with Crippen molar-refractivity contribution in [3.8, 4) is 11.3 Å². The van der Waals surface area contributed by atoms with Gasteiger partial charge in [0, 0.05) is 37.6 Å². The predicted molar refractivity (Wildman–Crippen MR) is 119 cm³/mol. The van der Waals surface area contributed by atoms with Crippen LogP contribution in [0.3, 0.4) is 0 Å². The molecule has 0 bridgehead atoms. The van der Waals surface area contributed by atoms with Crippen LogP contribution in [0.1, 0.15) is 62.8 Å². The molecule has 0 aliphatic carbocycles. The molecule has 0 radical (unpaired) electrons. The molecular formula is C23H32ClN3O. The van der Waals surface area contributed by atoms with E-state index in [-0.39, 0.29) is 5.28 Å². The Morgan fingerprint density at radius 2 is 1.86 bits per heavy atom. The summed E-state index contributed by atoms with van der Waals surface area (Å²) >= 11 is 6.01. The average Bonchev–Trinajstić information content (AvgIpc) is 2.70. The summed E-state index contributed by atoms with van der Waals surface area (Å²) < 4.78 is 5.14. The van der Waals surface area contributed by atoms with Gasteiger partial charge in [-0.2, -0.15) is 0 Å². The van der Waals surface area contributed by atoms with E-state index in [0.29, 0.717) is 5.92 Å². The van der Waals surface area contributed by atoms with Gasteiger partial charge in [-0.15, -0.1) is 0 Å². The van der Waals surface area contributed by atoms with Crippen LogP contribution in [0.4, 0.5) is 0 Å². The fraction of sp³-hybridized carbons (Fsp3) is 0.522. The Hall–Kier alpha value is -1.78. The lowest BCUT2D eigenvalue weighted by molar-refractivity contribution is 0.0716. The van der Waals surface area contributed by atoms with Gasteiger partial charge in [-0.25, -0.2) is 9.97 Å².